The molecule has 1 heterocycles. The molecule has 8 heteroatoms. The summed E-state index contributed by atoms with van der Waals surface area (Å²) in [4.78, 5) is 12.5. The van der Waals surface area contributed by atoms with Crippen molar-refractivity contribution < 1.29 is 19.0 Å². The number of nitrogen functional groups attached to an aromatic ring is 1. The monoisotopic (exact) mass is 362 g/mol. The van der Waals surface area contributed by atoms with Crippen LogP contribution in [0.4, 0.5) is 10.2 Å². The van der Waals surface area contributed by atoms with Crippen molar-refractivity contribution in [3.05, 3.63) is 41.3 Å². The molecule has 1 fully saturated rings. The largest absolute Gasteiger partial charge is 0.494 e. The molecule has 1 atom stereocenters. The van der Waals surface area contributed by atoms with E-state index in [1.165, 1.54) is 23.9 Å². The molecule has 1 aliphatic carbocycles. The Morgan fingerprint density at radius 1 is 1.50 bits per heavy atom. The van der Waals surface area contributed by atoms with Gasteiger partial charge in [-0.2, -0.15) is 5.10 Å². The molecule has 4 N–H and O–H groups in total. The fourth-order valence-electron chi connectivity index (χ4n) is 3.30. The van der Waals surface area contributed by atoms with Gasteiger partial charge in [-0.1, -0.05) is 6.07 Å². The van der Waals surface area contributed by atoms with E-state index in [0.29, 0.717) is 24.2 Å². The number of carbonyl (C=O) groups is 1. The number of hydrogen-bond donors (Lipinski definition) is 3. The Kier molecular flexibility index (Phi) is 5.13. The number of amides is 1. The lowest BCUT2D eigenvalue weighted by molar-refractivity contribution is -0.123. The molecule has 26 heavy (non-hydrogen) atoms. The molecular weight excluding hydrogens is 339 g/mol. The number of rotatable bonds is 6. The number of methoxy groups -OCH3 is 1. The molecule has 0 spiro atoms. The Morgan fingerprint density at radius 2 is 2.23 bits per heavy atom. The van der Waals surface area contributed by atoms with Gasteiger partial charge in [-0.25, -0.2) is 9.07 Å². The Morgan fingerprint density at radius 3 is 2.77 bits per heavy atom. The van der Waals surface area contributed by atoms with E-state index in [-0.39, 0.29) is 30.2 Å². The zero-order chi connectivity index (χ0) is 18.8. The van der Waals surface area contributed by atoms with Gasteiger partial charge in [0, 0.05) is 6.07 Å². The van der Waals surface area contributed by atoms with Crippen LogP contribution in [0.5, 0.6) is 5.75 Å². The number of hydrogen-bond acceptors (Lipinski definition) is 5. The highest BCUT2D eigenvalue weighted by Gasteiger charge is 2.36. The Balaban J connectivity index is 1.77. The molecule has 0 radical (unpaired) electrons. The molecule has 0 saturated heterocycles. The van der Waals surface area contributed by atoms with Gasteiger partial charge in [-0.3, -0.25) is 4.79 Å². The number of ether oxygens (including phenoxy) is 1. The summed E-state index contributed by atoms with van der Waals surface area (Å²) in [5.74, 6) is -0.173. The van der Waals surface area contributed by atoms with Crippen LogP contribution in [0.3, 0.4) is 0 Å². The number of anilines is 1. The number of aromatic nitrogens is 2. The van der Waals surface area contributed by atoms with E-state index in [9.17, 15) is 14.3 Å². The van der Waals surface area contributed by atoms with Gasteiger partial charge in [0.2, 0.25) is 5.91 Å². The van der Waals surface area contributed by atoms with Gasteiger partial charge in [0.1, 0.15) is 12.4 Å². The molecule has 1 aromatic heterocycles. The topological polar surface area (TPSA) is 102 Å². The van der Waals surface area contributed by atoms with E-state index in [4.69, 9.17) is 10.5 Å². The first-order chi connectivity index (χ1) is 12.4. The molecule has 1 aliphatic rings. The minimum atomic E-state index is -0.490. The van der Waals surface area contributed by atoms with Gasteiger partial charge in [0.15, 0.2) is 11.6 Å². The lowest BCUT2D eigenvalue weighted by Crippen LogP contribution is -2.42. The van der Waals surface area contributed by atoms with Crippen LogP contribution in [0.2, 0.25) is 0 Å². The maximum Gasteiger partial charge on any atom is 0.242 e. The van der Waals surface area contributed by atoms with E-state index in [1.807, 2.05) is 0 Å². The van der Waals surface area contributed by atoms with E-state index in [2.05, 4.69) is 10.4 Å². The molecule has 3 rings (SSSR count). The van der Waals surface area contributed by atoms with Crippen LogP contribution >= 0.6 is 0 Å². The summed E-state index contributed by atoms with van der Waals surface area (Å²) >= 11 is 0. The van der Waals surface area contributed by atoms with Crippen molar-refractivity contribution in [3.8, 4) is 5.75 Å². The lowest BCUT2D eigenvalue weighted by Gasteiger charge is -2.38. The summed E-state index contributed by atoms with van der Waals surface area (Å²) in [6.45, 7) is 1.77. The van der Waals surface area contributed by atoms with E-state index in [0.717, 1.165) is 5.69 Å². The fraction of sp³-hybridized carbons (Fsp3) is 0.444. The lowest BCUT2D eigenvalue weighted by atomic mass is 9.75. The third-order valence-electron chi connectivity index (χ3n) is 4.70. The summed E-state index contributed by atoms with van der Waals surface area (Å²) in [5, 5.41) is 16.7. The van der Waals surface area contributed by atoms with Crippen molar-refractivity contribution in [1.82, 2.24) is 15.1 Å². The highest BCUT2D eigenvalue weighted by Crippen LogP contribution is 2.39. The molecule has 0 aliphatic heterocycles. The second-order valence-electron chi connectivity index (χ2n) is 6.69. The summed E-state index contributed by atoms with van der Waals surface area (Å²) < 4.78 is 20.5. The predicted octanol–water partition coefficient (Wildman–Crippen LogP) is 1.55. The number of aliphatic hydroxyl groups excluding tert-OH is 1. The fourth-order valence-corrected chi connectivity index (χ4v) is 3.30. The molecule has 0 unspecified atom stereocenters. The van der Waals surface area contributed by atoms with Crippen LogP contribution in [-0.2, 0) is 11.3 Å². The van der Waals surface area contributed by atoms with E-state index < -0.39 is 11.9 Å². The number of nitrogens with two attached hydrogens (primary N) is 1. The first-order valence-corrected chi connectivity index (χ1v) is 8.48. The number of halogens is 1. The number of nitrogens with zero attached hydrogens (tertiary/aromatic N) is 2. The minimum Gasteiger partial charge on any atom is -0.494 e. The maximum absolute atomic E-state index is 14.1. The number of aliphatic hydroxyl groups is 1. The van der Waals surface area contributed by atoms with Gasteiger partial charge in [0.25, 0.3) is 0 Å². The number of benzene rings is 1. The van der Waals surface area contributed by atoms with Crippen LogP contribution in [0.1, 0.15) is 30.1 Å². The van der Waals surface area contributed by atoms with Crippen molar-refractivity contribution in [2.45, 2.75) is 38.5 Å². The molecule has 0 bridgehead atoms. The van der Waals surface area contributed by atoms with Crippen LogP contribution in [-0.4, -0.2) is 34.0 Å². The minimum absolute atomic E-state index is 0.0237. The first kappa shape index (κ1) is 18.2. The smallest absolute Gasteiger partial charge is 0.242 e. The van der Waals surface area contributed by atoms with Crippen molar-refractivity contribution in [1.29, 1.82) is 0 Å². The highest BCUT2D eigenvalue weighted by atomic mass is 19.1. The molecular formula is C18H23FN4O3. The number of carbonyl (C=O) groups excluding carboxylic acids is 1. The first-order valence-electron chi connectivity index (χ1n) is 8.48. The number of nitrogens with one attached hydrogen (secondary N) is 1. The summed E-state index contributed by atoms with van der Waals surface area (Å²) in [7, 11) is 1.40. The quantitative estimate of drug-likeness (QED) is 0.724. The average Bonchev–Trinajstić information content (AvgIpc) is 2.87. The van der Waals surface area contributed by atoms with Crippen molar-refractivity contribution in [2.24, 2.45) is 5.92 Å². The zero-order valence-corrected chi connectivity index (χ0v) is 14.8. The van der Waals surface area contributed by atoms with Crippen LogP contribution < -0.4 is 15.8 Å². The van der Waals surface area contributed by atoms with Gasteiger partial charge in [-0.15, -0.1) is 0 Å². The van der Waals surface area contributed by atoms with E-state index >= 15 is 0 Å². The van der Waals surface area contributed by atoms with E-state index in [1.54, 1.807) is 19.1 Å². The van der Waals surface area contributed by atoms with Crippen LogP contribution in [0.25, 0.3) is 0 Å². The molecule has 140 valence electrons. The standard InChI is InChI=1S/C18H23FN4O3/c1-10-5-16(20)23(22-10)9-17(25)21-18(12-6-13(24)7-12)11-3-4-15(26-2)14(19)8-11/h3-5,8,12-13,18,24H,6-7,9,20H2,1-2H3,(H,21,25)/t12?,13?,18-/m0/s1. The summed E-state index contributed by atoms with van der Waals surface area (Å²) in [5.41, 5.74) is 7.19. The maximum atomic E-state index is 14.1. The molecule has 2 aromatic rings. The number of aryl methyl sites for hydroxylation is 1. The van der Waals surface area contributed by atoms with Crippen molar-refractivity contribution in [2.75, 3.05) is 12.8 Å². The predicted molar refractivity (Wildman–Crippen MR) is 93.9 cm³/mol. The highest BCUT2D eigenvalue weighted by molar-refractivity contribution is 5.76. The third-order valence-corrected chi connectivity index (χ3v) is 4.70. The van der Waals surface area contributed by atoms with Gasteiger partial charge < -0.3 is 20.9 Å². The van der Waals surface area contributed by atoms with Gasteiger partial charge >= 0.3 is 0 Å². The average molecular weight is 362 g/mol. The van der Waals surface area contributed by atoms with Crippen molar-refractivity contribution in [3.63, 3.8) is 0 Å². The molecule has 7 nitrogen and oxygen atoms in total. The SMILES string of the molecule is COc1ccc([C@H](NC(=O)Cn2nc(C)cc2N)C2CC(O)C2)cc1F. The Hall–Kier alpha value is -2.61. The normalized spacial score (nSPS) is 20.3. The Labute approximate surface area is 150 Å². The molecule has 1 amide bonds. The molecule has 1 saturated carbocycles. The molecule has 1 aromatic carbocycles. The van der Waals surface area contributed by atoms with Crippen LogP contribution in [0, 0.1) is 18.7 Å². The van der Waals surface area contributed by atoms with Crippen LogP contribution in [0.15, 0.2) is 24.3 Å². The Bertz CT molecular complexity index is 802. The summed E-state index contributed by atoms with van der Waals surface area (Å²) in [6.07, 6.45) is 0.732. The second kappa shape index (κ2) is 7.33. The van der Waals surface area contributed by atoms with Gasteiger partial charge in [-0.05, 0) is 43.4 Å². The summed E-state index contributed by atoms with van der Waals surface area (Å²) in [6, 6.07) is 5.91. The van der Waals surface area contributed by atoms with Crippen molar-refractivity contribution >= 4 is 11.7 Å². The second-order valence-corrected chi connectivity index (χ2v) is 6.69. The zero-order valence-electron chi connectivity index (χ0n) is 14.8. The third kappa shape index (κ3) is 3.80. The van der Waals surface area contributed by atoms with Gasteiger partial charge in [0.05, 0.1) is 24.9 Å².